The minimum absolute atomic E-state index is 0.287. The van der Waals surface area contributed by atoms with Gasteiger partial charge in [-0.1, -0.05) is 0 Å². The second-order valence-corrected chi connectivity index (χ2v) is 1.65. The van der Waals surface area contributed by atoms with Gasteiger partial charge in [-0.2, -0.15) is 0 Å². The fraction of sp³-hybridized carbons (Fsp3) is 0.250. The largest absolute Gasteiger partial charge is 0.384 e. The molecule has 0 aliphatic carbocycles. The van der Waals surface area contributed by atoms with E-state index in [0.717, 1.165) is 0 Å². The van der Waals surface area contributed by atoms with Crippen LogP contribution in [0, 0.1) is 0 Å². The Labute approximate surface area is 51.7 Å². The van der Waals surface area contributed by atoms with Crippen molar-refractivity contribution in [1.29, 1.82) is 0 Å². The van der Waals surface area contributed by atoms with E-state index in [1.807, 2.05) is 0 Å². The predicted molar refractivity (Wildman–Crippen MR) is 32.1 cm³/mol. The summed E-state index contributed by atoms with van der Waals surface area (Å²) in [6, 6.07) is 0. The van der Waals surface area contributed by atoms with Crippen LogP contribution in [-0.2, 0) is 0 Å². The lowest BCUT2D eigenvalue weighted by Crippen LogP contribution is -2.10. The van der Waals surface area contributed by atoms with Gasteiger partial charge in [0.05, 0.1) is 6.33 Å². The van der Waals surface area contributed by atoms with E-state index in [2.05, 4.69) is 9.97 Å². The van der Waals surface area contributed by atoms with Crippen molar-refractivity contribution in [2.45, 2.75) is 6.23 Å². The maximum Gasteiger partial charge on any atom is 0.149 e. The maximum absolute atomic E-state index is 8.71. The summed E-state index contributed by atoms with van der Waals surface area (Å²) >= 11 is 0. The molecule has 0 amide bonds. The fourth-order valence-electron chi connectivity index (χ4n) is 0.551. The van der Waals surface area contributed by atoms with Crippen LogP contribution < -0.4 is 11.5 Å². The number of aliphatic hydroxyl groups excluding tert-OH is 1. The summed E-state index contributed by atoms with van der Waals surface area (Å²) < 4.78 is 0. The van der Waals surface area contributed by atoms with Gasteiger partial charge in [0.25, 0.3) is 0 Å². The van der Waals surface area contributed by atoms with Crippen molar-refractivity contribution in [1.82, 2.24) is 9.97 Å². The van der Waals surface area contributed by atoms with Crippen molar-refractivity contribution in [3.8, 4) is 0 Å². The Balaban J connectivity index is 2.94. The van der Waals surface area contributed by atoms with Gasteiger partial charge >= 0.3 is 0 Å². The van der Waals surface area contributed by atoms with Gasteiger partial charge in [-0.25, -0.2) is 4.98 Å². The Morgan fingerprint density at radius 2 is 2.44 bits per heavy atom. The highest BCUT2D eigenvalue weighted by Crippen LogP contribution is 2.09. The van der Waals surface area contributed by atoms with Gasteiger partial charge in [-0.3, -0.25) is 0 Å². The van der Waals surface area contributed by atoms with Gasteiger partial charge in [-0.15, -0.1) is 0 Å². The molecular formula is C4H8N4O. The first kappa shape index (κ1) is 6.06. The van der Waals surface area contributed by atoms with E-state index in [1.165, 1.54) is 6.33 Å². The van der Waals surface area contributed by atoms with Crippen LogP contribution in [0.5, 0.6) is 0 Å². The van der Waals surface area contributed by atoms with Crippen LogP contribution in [0.1, 0.15) is 11.9 Å². The minimum atomic E-state index is -1.09. The quantitative estimate of drug-likeness (QED) is 0.362. The highest BCUT2D eigenvalue weighted by Gasteiger charge is 2.06. The highest BCUT2D eigenvalue weighted by atomic mass is 16.3. The number of aliphatic hydroxyl groups is 1. The first-order chi connectivity index (χ1) is 4.22. The number of nitrogens with two attached hydrogens (primary N) is 2. The van der Waals surface area contributed by atoms with Crippen molar-refractivity contribution in [2.24, 2.45) is 5.73 Å². The number of nitrogens with zero attached hydrogens (tertiary/aromatic N) is 1. The van der Waals surface area contributed by atoms with Crippen LogP contribution >= 0.6 is 0 Å². The Bertz CT molecular complexity index is 194. The van der Waals surface area contributed by atoms with Crippen LogP contribution in [0.2, 0.25) is 0 Å². The number of imidazole rings is 1. The SMILES string of the molecule is Nc1[nH]cnc1C(N)O. The van der Waals surface area contributed by atoms with Crippen molar-refractivity contribution in [3.05, 3.63) is 12.0 Å². The molecule has 6 N–H and O–H groups in total. The van der Waals surface area contributed by atoms with E-state index in [1.54, 1.807) is 0 Å². The Morgan fingerprint density at radius 1 is 1.78 bits per heavy atom. The monoisotopic (exact) mass is 128 g/mol. The molecule has 1 unspecified atom stereocenters. The van der Waals surface area contributed by atoms with Crippen LogP contribution in [0.25, 0.3) is 0 Å². The molecule has 0 spiro atoms. The number of nitrogen functional groups attached to an aromatic ring is 1. The molecule has 0 bridgehead atoms. The second-order valence-electron chi connectivity index (χ2n) is 1.65. The maximum atomic E-state index is 8.71. The Morgan fingerprint density at radius 3 is 2.67 bits per heavy atom. The third-order valence-electron chi connectivity index (χ3n) is 0.980. The van der Waals surface area contributed by atoms with E-state index >= 15 is 0 Å². The highest BCUT2D eigenvalue weighted by molar-refractivity contribution is 5.34. The van der Waals surface area contributed by atoms with Gasteiger partial charge in [0.15, 0.2) is 0 Å². The Hall–Kier alpha value is -1.07. The van der Waals surface area contributed by atoms with Crippen LogP contribution in [0.3, 0.4) is 0 Å². The number of hydrogen-bond acceptors (Lipinski definition) is 4. The molecule has 1 aromatic heterocycles. The van der Waals surface area contributed by atoms with Crippen molar-refractivity contribution < 1.29 is 5.11 Å². The smallest absolute Gasteiger partial charge is 0.149 e. The number of H-pyrrole nitrogens is 1. The molecule has 0 fully saturated rings. The number of aromatic amines is 1. The number of rotatable bonds is 1. The molecule has 1 heterocycles. The molecule has 0 radical (unpaired) electrons. The fourth-order valence-corrected chi connectivity index (χ4v) is 0.551. The normalized spacial score (nSPS) is 13.6. The standard InChI is InChI=1S/C4H8N4O/c5-3-2(4(6)9)7-1-8-3/h1,4,9H,5-6H2,(H,7,8). The molecule has 0 aliphatic heterocycles. The van der Waals surface area contributed by atoms with E-state index in [0.29, 0.717) is 5.82 Å². The average Bonchev–Trinajstić information content (AvgIpc) is 2.13. The van der Waals surface area contributed by atoms with E-state index < -0.39 is 6.23 Å². The molecular weight excluding hydrogens is 120 g/mol. The first-order valence-corrected chi connectivity index (χ1v) is 2.44. The van der Waals surface area contributed by atoms with Gasteiger partial charge in [0.1, 0.15) is 17.7 Å². The number of aromatic nitrogens is 2. The van der Waals surface area contributed by atoms with Gasteiger partial charge in [-0.05, 0) is 0 Å². The van der Waals surface area contributed by atoms with Crippen LogP contribution in [-0.4, -0.2) is 15.1 Å². The minimum Gasteiger partial charge on any atom is -0.384 e. The van der Waals surface area contributed by atoms with E-state index in [9.17, 15) is 0 Å². The molecule has 50 valence electrons. The second kappa shape index (κ2) is 2.04. The van der Waals surface area contributed by atoms with E-state index in [4.69, 9.17) is 16.6 Å². The molecule has 0 aromatic carbocycles. The zero-order valence-electron chi connectivity index (χ0n) is 4.70. The zero-order valence-corrected chi connectivity index (χ0v) is 4.70. The summed E-state index contributed by atoms with van der Waals surface area (Å²) in [6.07, 6.45) is 0.289. The summed E-state index contributed by atoms with van der Waals surface area (Å²) in [5, 5.41) is 8.71. The van der Waals surface area contributed by atoms with Crippen molar-refractivity contribution >= 4 is 5.82 Å². The lowest BCUT2D eigenvalue weighted by Gasteiger charge is -1.98. The number of hydrogen-bond donors (Lipinski definition) is 4. The van der Waals surface area contributed by atoms with Crippen LogP contribution in [0.4, 0.5) is 5.82 Å². The number of anilines is 1. The molecule has 1 aromatic rings. The van der Waals surface area contributed by atoms with Crippen molar-refractivity contribution in [2.75, 3.05) is 5.73 Å². The lowest BCUT2D eigenvalue weighted by atomic mass is 10.4. The molecule has 9 heavy (non-hydrogen) atoms. The van der Waals surface area contributed by atoms with Gasteiger partial charge < -0.3 is 21.6 Å². The van der Waals surface area contributed by atoms with Gasteiger partial charge in [0.2, 0.25) is 0 Å². The topological polar surface area (TPSA) is 101 Å². The Kier molecular flexibility index (Phi) is 1.37. The molecule has 0 saturated heterocycles. The van der Waals surface area contributed by atoms with Crippen LogP contribution in [0.15, 0.2) is 6.33 Å². The van der Waals surface area contributed by atoms with Gasteiger partial charge in [0, 0.05) is 0 Å². The summed E-state index contributed by atoms with van der Waals surface area (Å²) in [5.41, 5.74) is 10.6. The molecule has 5 nitrogen and oxygen atoms in total. The lowest BCUT2D eigenvalue weighted by molar-refractivity contribution is 0.182. The molecule has 0 aliphatic rings. The predicted octanol–water partition coefficient (Wildman–Crippen LogP) is -1.06. The summed E-state index contributed by atoms with van der Waals surface area (Å²) in [7, 11) is 0. The molecule has 1 atom stereocenters. The van der Waals surface area contributed by atoms with E-state index in [-0.39, 0.29) is 5.69 Å². The number of nitrogens with one attached hydrogen (secondary N) is 1. The summed E-state index contributed by atoms with van der Waals surface area (Å²) in [6.45, 7) is 0. The molecule has 1 rings (SSSR count). The third-order valence-corrected chi connectivity index (χ3v) is 0.980. The average molecular weight is 128 g/mol. The summed E-state index contributed by atoms with van der Waals surface area (Å²) in [4.78, 5) is 6.24. The molecule has 0 saturated carbocycles. The zero-order chi connectivity index (χ0) is 6.85. The first-order valence-electron chi connectivity index (χ1n) is 2.44. The third kappa shape index (κ3) is 1.01. The molecule has 5 heteroatoms. The van der Waals surface area contributed by atoms with Crippen molar-refractivity contribution in [3.63, 3.8) is 0 Å². The summed E-state index contributed by atoms with van der Waals surface area (Å²) in [5.74, 6) is 0.310.